The molecule has 8 heteroatoms. The first-order valence-electron chi connectivity index (χ1n) is 13.7. The number of methoxy groups -OCH3 is 3. The summed E-state index contributed by atoms with van der Waals surface area (Å²) in [4.78, 5) is 27.4. The van der Waals surface area contributed by atoms with Gasteiger partial charge in [-0.2, -0.15) is 0 Å². The Morgan fingerprint density at radius 3 is 2.20 bits per heavy atom. The fourth-order valence-corrected chi connectivity index (χ4v) is 5.46. The molecule has 0 unspecified atom stereocenters. The van der Waals surface area contributed by atoms with E-state index in [-0.39, 0.29) is 17.8 Å². The summed E-state index contributed by atoms with van der Waals surface area (Å²) in [5, 5.41) is 3.40. The lowest BCUT2D eigenvalue weighted by atomic mass is 9.71. The van der Waals surface area contributed by atoms with Crippen LogP contribution in [0, 0.1) is 0 Å². The monoisotopic (exact) mass is 549 g/mol. The van der Waals surface area contributed by atoms with Crippen LogP contribution >= 0.6 is 0 Å². The molecule has 1 aliphatic carbocycles. The molecule has 214 valence electrons. The first-order chi connectivity index (χ1) is 19.2. The van der Waals surface area contributed by atoms with Crippen LogP contribution in [0.2, 0.25) is 0 Å². The lowest BCUT2D eigenvalue weighted by Gasteiger charge is -2.37. The van der Waals surface area contributed by atoms with Gasteiger partial charge in [-0.05, 0) is 74.9 Å². The van der Waals surface area contributed by atoms with Crippen LogP contribution < -0.4 is 24.3 Å². The normalized spacial score (nSPS) is 18.8. The van der Waals surface area contributed by atoms with Crippen molar-refractivity contribution < 1.29 is 33.3 Å². The zero-order valence-electron chi connectivity index (χ0n) is 24.4. The van der Waals surface area contributed by atoms with Crippen molar-refractivity contribution in [2.45, 2.75) is 64.9 Å². The summed E-state index contributed by atoms with van der Waals surface area (Å²) in [6, 6.07) is 11.4. The number of dihydropyridines is 1. The smallest absolute Gasteiger partial charge is 0.337 e. The number of carbonyl (C=O) groups is 2. The Morgan fingerprint density at radius 1 is 0.925 bits per heavy atom. The van der Waals surface area contributed by atoms with Gasteiger partial charge in [0.25, 0.3) is 0 Å². The molecule has 0 spiro atoms. The molecular weight excluding hydrogens is 510 g/mol. The predicted molar refractivity (Wildman–Crippen MR) is 152 cm³/mol. The molecule has 2 atom stereocenters. The average Bonchev–Trinajstić information content (AvgIpc) is 2.94. The molecule has 4 rings (SSSR count). The maximum absolute atomic E-state index is 13.9. The Hall–Kier alpha value is -3.94. The first kappa shape index (κ1) is 29.1. The number of Topliss-reactive ketones (excluding diaryl/α,β-unsaturated/α-hetero) is 1. The molecule has 0 fully saturated rings. The van der Waals surface area contributed by atoms with Crippen molar-refractivity contribution >= 4 is 11.8 Å². The Morgan fingerprint density at radius 2 is 1.55 bits per heavy atom. The van der Waals surface area contributed by atoms with Crippen molar-refractivity contribution in [2.24, 2.45) is 0 Å². The molecule has 1 N–H and O–H groups in total. The molecule has 2 aromatic carbocycles. The van der Waals surface area contributed by atoms with E-state index >= 15 is 0 Å². The van der Waals surface area contributed by atoms with Gasteiger partial charge in [-0.3, -0.25) is 4.79 Å². The van der Waals surface area contributed by atoms with Crippen LogP contribution in [0.15, 0.2) is 58.9 Å². The number of allylic oxidation sites excluding steroid dienone is 3. The van der Waals surface area contributed by atoms with E-state index in [0.29, 0.717) is 59.3 Å². The summed E-state index contributed by atoms with van der Waals surface area (Å²) in [6.45, 7) is 8.07. The largest absolute Gasteiger partial charge is 0.493 e. The van der Waals surface area contributed by atoms with E-state index in [1.807, 2.05) is 64.1 Å². The molecule has 0 bridgehead atoms. The maximum Gasteiger partial charge on any atom is 0.337 e. The maximum atomic E-state index is 13.9. The van der Waals surface area contributed by atoms with Gasteiger partial charge in [0.1, 0.15) is 0 Å². The van der Waals surface area contributed by atoms with Gasteiger partial charge in [0, 0.05) is 29.3 Å². The summed E-state index contributed by atoms with van der Waals surface area (Å²) in [6.07, 6.45) is 1.45. The summed E-state index contributed by atoms with van der Waals surface area (Å²) in [7, 11) is 4.78. The van der Waals surface area contributed by atoms with Gasteiger partial charge in [-0.1, -0.05) is 19.1 Å². The van der Waals surface area contributed by atoms with E-state index in [9.17, 15) is 9.59 Å². The fraction of sp³-hybridized carbons (Fsp3) is 0.438. The first-order valence-corrected chi connectivity index (χ1v) is 13.7. The summed E-state index contributed by atoms with van der Waals surface area (Å²) < 4.78 is 28.0. The molecule has 0 amide bonds. The highest BCUT2D eigenvalue weighted by Crippen LogP contribution is 2.47. The zero-order chi connectivity index (χ0) is 29.0. The van der Waals surface area contributed by atoms with Crippen molar-refractivity contribution in [1.29, 1.82) is 0 Å². The molecule has 0 radical (unpaired) electrons. The number of nitrogens with one attached hydrogen (secondary N) is 1. The van der Waals surface area contributed by atoms with Crippen molar-refractivity contribution in [3.8, 4) is 23.0 Å². The van der Waals surface area contributed by atoms with Crippen LogP contribution in [-0.4, -0.2) is 45.8 Å². The predicted octanol–water partition coefficient (Wildman–Crippen LogP) is 5.81. The minimum absolute atomic E-state index is 0.0221. The topological polar surface area (TPSA) is 92.3 Å². The van der Waals surface area contributed by atoms with Gasteiger partial charge in [0.15, 0.2) is 28.8 Å². The van der Waals surface area contributed by atoms with Crippen LogP contribution in [0.3, 0.4) is 0 Å². The molecular formula is C32H39NO7. The van der Waals surface area contributed by atoms with Gasteiger partial charge in [0.05, 0.1) is 39.6 Å². The molecule has 0 aromatic heterocycles. The number of ketones is 1. The second kappa shape index (κ2) is 12.5. The second-order valence-electron chi connectivity index (χ2n) is 10.3. The molecule has 40 heavy (non-hydrogen) atoms. The van der Waals surface area contributed by atoms with Crippen molar-refractivity contribution in [1.82, 2.24) is 5.32 Å². The van der Waals surface area contributed by atoms with Crippen molar-refractivity contribution in [2.75, 3.05) is 27.9 Å². The fourth-order valence-electron chi connectivity index (χ4n) is 5.46. The average molecular weight is 550 g/mol. The van der Waals surface area contributed by atoms with E-state index in [1.54, 1.807) is 21.3 Å². The molecule has 2 aromatic rings. The highest BCUT2D eigenvalue weighted by atomic mass is 16.5. The van der Waals surface area contributed by atoms with E-state index in [4.69, 9.17) is 23.7 Å². The minimum Gasteiger partial charge on any atom is -0.493 e. The van der Waals surface area contributed by atoms with Gasteiger partial charge in [-0.15, -0.1) is 0 Å². The van der Waals surface area contributed by atoms with Crippen LogP contribution in [0.4, 0.5) is 0 Å². The molecule has 2 aliphatic rings. The third-order valence-corrected chi connectivity index (χ3v) is 7.25. The number of rotatable bonds is 10. The number of carbonyl (C=O) groups excluding carboxylic acids is 2. The number of esters is 1. The zero-order valence-corrected chi connectivity index (χ0v) is 24.4. The Labute approximate surface area is 236 Å². The van der Waals surface area contributed by atoms with E-state index in [2.05, 4.69) is 5.32 Å². The van der Waals surface area contributed by atoms with Crippen LogP contribution in [0.5, 0.6) is 23.0 Å². The highest BCUT2D eigenvalue weighted by molar-refractivity contribution is 6.04. The SMILES string of the molecule is CCCOc1ccc([C@H]2C(C(=O)OC(C)C)=C(C)NC3=C2C(=O)C[C@H](c2ccc(OC)c(OC)c2)C3)cc1OC. The Balaban J connectivity index is 1.79. The van der Waals surface area contributed by atoms with Crippen molar-refractivity contribution in [3.63, 3.8) is 0 Å². The van der Waals surface area contributed by atoms with Crippen LogP contribution in [0.25, 0.3) is 0 Å². The van der Waals surface area contributed by atoms with E-state index in [1.165, 1.54) is 0 Å². The summed E-state index contributed by atoms with van der Waals surface area (Å²) >= 11 is 0. The number of hydrogen-bond donors (Lipinski definition) is 1. The van der Waals surface area contributed by atoms with E-state index < -0.39 is 11.9 Å². The molecule has 0 saturated heterocycles. The van der Waals surface area contributed by atoms with Gasteiger partial charge in [0.2, 0.25) is 0 Å². The second-order valence-corrected chi connectivity index (χ2v) is 10.3. The quantitative estimate of drug-likeness (QED) is 0.371. The molecule has 1 aliphatic heterocycles. The highest BCUT2D eigenvalue weighted by Gasteiger charge is 2.42. The Bertz CT molecular complexity index is 1340. The van der Waals surface area contributed by atoms with Crippen LogP contribution in [0.1, 0.15) is 69.9 Å². The van der Waals surface area contributed by atoms with Crippen molar-refractivity contribution in [3.05, 3.63) is 70.1 Å². The third-order valence-electron chi connectivity index (χ3n) is 7.25. The Kier molecular flexibility index (Phi) is 9.07. The summed E-state index contributed by atoms with van der Waals surface area (Å²) in [5.41, 5.74) is 4.24. The third kappa shape index (κ3) is 5.81. The van der Waals surface area contributed by atoms with Gasteiger partial charge in [-0.25, -0.2) is 4.79 Å². The molecule has 8 nitrogen and oxygen atoms in total. The molecule has 1 heterocycles. The standard InChI is InChI=1S/C32H39NO7/c1-8-13-39-26-12-10-21(17-28(26)38-7)30-29(32(35)40-18(2)3)19(4)33-23-14-22(15-24(34)31(23)30)20-9-11-25(36-5)27(16-20)37-6/h9-12,16-18,22,30,33H,8,13-15H2,1-7H3/t22-,30+/m1/s1. The lowest BCUT2D eigenvalue weighted by molar-refractivity contribution is -0.143. The number of benzene rings is 2. The van der Waals surface area contributed by atoms with E-state index in [0.717, 1.165) is 23.2 Å². The van der Waals surface area contributed by atoms with Gasteiger partial charge >= 0.3 is 5.97 Å². The summed E-state index contributed by atoms with van der Waals surface area (Å²) in [5.74, 6) is 1.29. The van der Waals surface area contributed by atoms with Gasteiger partial charge < -0.3 is 29.0 Å². The number of ether oxygens (including phenoxy) is 5. The number of hydrogen-bond acceptors (Lipinski definition) is 8. The molecule has 0 saturated carbocycles. The lowest BCUT2D eigenvalue weighted by Crippen LogP contribution is -2.36. The van der Waals surface area contributed by atoms with Crippen LogP contribution in [-0.2, 0) is 14.3 Å². The minimum atomic E-state index is -0.601.